The third kappa shape index (κ3) is 33.3. The quantitative estimate of drug-likeness (QED) is 0.0172. The predicted octanol–water partition coefficient (Wildman–Crippen LogP) is 9.74. The summed E-state index contributed by atoms with van der Waals surface area (Å²) < 4.78 is 34.3. The standard InChI is InChI=1S/C61H98O14/c1-3-5-7-9-11-13-15-17-19-21-22-23-24-25-26-27-28-29-30-32-34-36-38-40-42-44-53(63)73-50(47-70-45-43-41-39-37-35-33-31-20-18-16-14-12-10-8-6-4-2)48-71-60-59(69)57(67)55(65)52(75-60)49-72-61-58(68)56(66)54(64)51(46-62)74-61/h5-8,11-14,17-20,22-23,25-26,28-29,32,34,50-52,54-62,64-69H,3-4,9-10,15-16,21,24,27,30-31,33,35-49H2,1-2H3/b7-5-,8-6-,13-11-,14-12-,19-17-,20-18-,23-22-,26-25-,29-28-,34-32-. The first kappa shape index (κ1) is 67.5. The van der Waals surface area contributed by atoms with E-state index in [1.54, 1.807) is 0 Å². The van der Waals surface area contributed by atoms with Gasteiger partial charge in [0.1, 0.15) is 54.9 Å². The minimum atomic E-state index is -1.72. The Morgan fingerprint density at radius 1 is 0.440 bits per heavy atom. The van der Waals surface area contributed by atoms with Crippen LogP contribution in [0.4, 0.5) is 0 Å². The lowest BCUT2D eigenvalue weighted by atomic mass is 9.98. The molecule has 11 atom stereocenters. The van der Waals surface area contributed by atoms with Gasteiger partial charge in [0.15, 0.2) is 12.6 Å². The fourth-order valence-corrected chi connectivity index (χ4v) is 7.98. The van der Waals surface area contributed by atoms with E-state index >= 15 is 0 Å². The maximum absolute atomic E-state index is 13.1. The largest absolute Gasteiger partial charge is 0.457 e. The number of carbonyl (C=O) groups excluding carboxylic acids is 1. The highest BCUT2D eigenvalue weighted by Gasteiger charge is 2.47. The highest BCUT2D eigenvalue weighted by molar-refractivity contribution is 5.69. The molecule has 0 aromatic rings. The zero-order chi connectivity index (χ0) is 54.4. The molecule has 14 nitrogen and oxygen atoms in total. The number of aliphatic hydroxyl groups excluding tert-OH is 7. The molecular weight excluding hydrogens is 957 g/mol. The number of carbonyl (C=O) groups is 1. The number of rotatable bonds is 43. The molecule has 2 aliphatic heterocycles. The summed E-state index contributed by atoms with van der Waals surface area (Å²) in [6.45, 7) is 3.35. The van der Waals surface area contributed by atoms with E-state index in [9.17, 15) is 40.5 Å². The maximum Gasteiger partial charge on any atom is 0.306 e. The summed E-state index contributed by atoms with van der Waals surface area (Å²) >= 11 is 0. The van der Waals surface area contributed by atoms with E-state index < -0.39 is 86.7 Å². The average Bonchev–Trinajstić information content (AvgIpc) is 3.41. The molecule has 2 heterocycles. The third-order valence-electron chi connectivity index (χ3n) is 12.5. The van der Waals surface area contributed by atoms with Crippen molar-refractivity contribution in [2.45, 2.75) is 223 Å². The molecule has 7 N–H and O–H groups in total. The normalized spacial score (nSPS) is 25.6. The second-order valence-electron chi connectivity index (χ2n) is 19.0. The molecule has 0 radical (unpaired) electrons. The van der Waals surface area contributed by atoms with E-state index in [2.05, 4.69) is 135 Å². The highest BCUT2D eigenvalue weighted by Crippen LogP contribution is 2.26. The van der Waals surface area contributed by atoms with Gasteiger partial charge in [0, 0.05) is 13.0 Å². The van der Waals surface area contributed by atoms with Crippen molar-refractivity contribution in [3.63, 3.8) is 0 Å². The molecule has 0 aromatic carbocycles. The van der Waals surface area contributed by atoms with Crippen molar-refractivity contribution in [1.82, 2.24) is 0 Å². The summed E-state index contributed by atoms with van der Waals surface area (Å²) in [7, 11) is 0. The molecule has 11 unspecified atom stereocenters. The van der Waals surface area contributed by atoms with E-state index in [0.717, 1.165) is 122 Å². The van der Waals surface area contributed by atoms with Gasteiger partial charge in [-0.25, -0.2) is 0 Å². The summed E-state index contributed by atoms with van der Waals surface area (Å²) in [6, 6.07) is 0. The first-order valence-electron chi connectivity index (χ1n) is 28.1. The lowest BCUT2D eigenvalue weighted by Crippen LogP contribution is -2.61. The van der Waals surface area contributed by atoms with Gasteiger partial charge in [0.05, 0.1) is 26.4 Å². The van der Waals surface area contributed by atoms with Crippen LogP contribution in [0.2, 0.25) is 0 Å². The molecule has 0 amide bonds. The van der Waals surface area contributed by atoms with Gasteiger partial charge >= 0.3 is 5.97 Å². The van der Waals surface area contributed by atoms with Crippen molar-refractivity contribution < 1.29 is 69.0 Å². The Balaban J connectivity index is 1.76. The van der Waals surface area contributed by atoms with E-state index in [-0.39, 0.29) is 19.6 Å². The smallest absolute Gasteiger partial charge is 0.306 e. The number of ether oxygens (including phenoxy) is 6. The summed E-state index contributed by atoms with van der Waals surface area (Å²) in [5, 5.41) is 72.3. The van der Waals surface area contributed by atoms with Gasteiger partial charge in [-0.05, 0) is 103 Å². The summed E-state index contributed by atoms with van der Waals surface area (Å²) in [5.74, 6) is -0.419. The molecule has 0 spiro atoms. The van der Waals surface area contributed by atoms with Crippen molar-refractivity contribution in [2.24, 2.45) is 0 Å². The molecule has 0 aromatic heterocycles. The Morgan fingerprint density at radius 3 is 1.29 bits per heavy atom. The molecule has 2 aliphatic rings. The molecule has 14 heteroatoms. The minimum Gasteiger partial charge on any atom is -0.457 e. The van der Waals surface area contributed by atoms with Crippen LogP contribution in [0.15, 0.2) is 122 Å². The third-order valence-corrected chi connectivity index (χ3v) is 12.5. The van der Waals surface area contributed by atoms with Crippen molar-refractivity contribution >= 4 is 5.97 Å². The maximum atomic E-state index is 13.1. The first-order valence-corrected chi connectivity index (χ1v) is 28.1. The van der Waals surface area contributed by atoms with Gasteiger partial charge < -0.3 is 64.2 Å². The van der Waals surface area contributed by atoms with Crippen LogP contribution in [0.25, 0.3) is 0 Å². The van der Waals surface area contributed by atoms with E-state index in [0.29, 0.717) is 13.0 Å². The highest BCUT2D eigenvalue weighted by atomic mass is 16.7. The van der Waals surface area contributed by atoms with Crippen LogP contribution in [0.5, 0.6) is 0 Å². The summed E-state index contributed by atoms with van der Waals surface area (Å²) in [6.07, 6.45) is 48.3. The van der Waals surface area contributed by atoms with E-state index in [1.807, 2.05) is 0 Å². The van der Waals surface area contributed by atoms with Crippen molar-refractivity contribution in [2.75, 3.05) is 33.0 Å². The molecule has 2 rings (SSSR count). The topological polar surface area (TPSA) is 214 Å². The van der Waals surface area contributed by atoms with Crippen LogP contribution in [-0.2, 0) is 33.2 Å². The van der Waals surface area contributed by atoms with Crippen LogP contribution in [0.3, 0.4) is 0 Å². The Bertz CT molecular complexity index is 1700. The van der Waals surface area contributed by atoms with E-state index in [4.69, 9.17) is 28.4 Å². The SMILES string of the molecule is CC/C=C\C/C=C\C/C=C\C/C=C\C/C=C\C/C=C\C/C=C\CCCCCC(=O)OC(COCCCCCCCC/C=C\C/C=C\C/C=C\CC)COC1OC(COC2OC(CO)C(O)C(O)C2O)C(O)C(O)C1O. The van der Waals surface area contributed by atoms with Crippen molar-refractivity contribution in [3.8, 4) is 0 Å². The molecule has 2 fully saturated rings. The average molecular weight is 1060 g/mol. The molecule has 75 heavy (non-hydrogen) atoms. The molecule has 0 saturated carbocycles. The Kier molecular flexibility index (Phi) is 41.8. The lowest BCUT2D eigenvalue weighted by molar-refractivity contribution is -0.332. The minimum absolute atomic E-state index is 0.0297. The summed E-state index contributed by atoms with van der Waals surface area (Å²) in [4.78, 5) is 13.1. The van der Waals surface area contributed by atoms with Crippen molar-refractivity contribution in [3.05, 3.63) is 122 Å². The van der Waals surface area contributed by atoms with Gasteiger partial charge in [0.2, 0.25) is 0 Å². The van der Waals surface area contributed by atoms with Crippen molar-refractivity contribution in [1.29, 1.82) is 0 Å². The van der Waals surface area contributed by atoms with Crippen LogP contribution in [0.1, 0.15) is 155 Å². The second kappa shape index (κ2) is 46.5. The Morgan fingerprint density at radius 2 is 0.827 bits per heavy atom. The monoisotopic (exact) mass is 1050 g/mol. The number of allylic oxidation sites excluding steroid dienone is 20. The van der Waals surface area contributed by atoms with Gasteiger partial charge in [-0.15, -0.1) is 0 Å². The van der Waals surface area contributed by atoms with Gasteiger partial charge in [0.25, 0.3) is 0 Å². The molecule has 0 aliphatic carbocycles. The van der Waals surface area contributed by atoms with Gasteiger partial charge in [-0.3, -0.25) is 4.79 Å². The molecular formula is C61H98O14. The van der Waals surface area contributed by atoms with Crippen LogP contribution in [-0.4, -0.2) is 142 Å². The second-order valence-corrected chi connectivity index (χ2v) is 19.0. The number of unbranched alkanes of at least 4 members (excludes halogenated alkanes) is 9. The zero-order valence-corrected chi connectivity index (χ0v) is 45.5. The van der Waals surface area contributed by atoms with Gasteiger partial charge in [-0.2, -0.15) is 0 Å². The number of hydrogen-bond acceptors (Lipinski definition) is 14. The number of hydrogen-bond donors (Lipinski definition) is 7. The van der Waals surface area contributed by atoms with Crippen LogP contribution >= 0.6 is 0 Å². The number of aliphatic hydroxyl groups is 7. The Hall–Kier alpha value is -3.61. The fourth-order valence-electron chi connectivity index (χ4n) is 7.98. The zero-order valence-electron chi connectivity index (χ0n) is 45.5. The molecule has 2 saturated heterocycles. The van der Waals surface area contributed by atoms with Crippen LogP contribution in [0, 0.1) is 0 Å². The predicted molar refractivity (Wildman–Crippen MR) is 297 cm³/mol. The fraction of sp³-hybridized carbons (Fsp3) is 0.656. The van der Waals surface area contributed by atoms with E-state index in [1.165, 1.54) is 6.42 Å². The molecule has 0 bridgehead atoms. The van der Waals surface area contributed by atoms with Gasteiger partial charge in [-0.1, -0.05) is 167 Å². The van der Waals surface area contributed by atoms with Crippen LogP contribution < -0.4 is 0 Å². The molecule has 426 valence electrons. The first-order chi connectivity index (χ1) is 36.6. The summed E-state index contributed by atoms with van der Waals surface area (Å²) in [5.41, 5.74) is 0. The lowest BCUT2D eigenvalue weighted by Gasteiger charge is -2.42. The Labute approximate surface area is 450 Å². The number of esters is 1.